The molecular weight excluding hydrogens is 1390 g/mol. The number of ether oxygens (including phenoxy) is 6. The van der Waals surface area contributed by atoms with Gasteiger partial charge in [-0.05, 0) is 96.3 Å². The third-order valence-electron chi connectivity index (χ3n) is 17.4. The Morgan fingerprint density at radius 3 is 1.11 bits per heavy atom. The van der Waals surface area contributed by atoms with Gasteiger partial charge in [0.05, 0.1) is 32.1 Å². The van der Waals surface area contributed by atoms with Crippen LogP contribution in [0.4, 0.5) is 0 Å². The fourth-order valence-corrected chi connectivity index (χ4v) is 12.0. The Bertz CT molecular complexity index is 2590. The molecule has 38 heteroatoms. The molecule has 0 aromatic heterocycles. The Morgan fingerprint density at radius 1 is 0.417 bits per heavy atom. The number of hydrogen-bond acceptors (Lipinski definition) is 27. The fraction of sp³-hybridized carbons (Fsp3) is 0.862. The van der Waals surface area contributed by atoms with Gasteiger partial charge in [0, 0.05) is 105 Å². The second-order valence-electron chi connectivity index (χ2n) is 26.4. The summed E-state index contributed by atoms with van der Waals surface area (Å²) in [5.41, 5.74) is -0.645. The number of unbranched alkanes of at least 4 members (excludes halogenated alkanes) is 6. The minimum absolute atomic E-state index is 0.0298. The van der Waals surface area contributed by atoms with E-state index in [1.807, 2.05) is 0 Å². The predicted octanol–water partition coefficient (Wildman–Crippen LogP) is -4.68. The second-order valence-corrected chi connectivity index (χ2v) is 28.8. The van der Waals surface area contributed by atoms with Gasteiger partial charge in [0.15, 0.2) is 18.9 Å². The second kappa shape index (κ2) is 50.3. The normalized spacial score (nSPS) is 26.3. The number of carbonyl (C=O) groups is 9. The molecule has 0 saturated carbocycles. The van der Waals surface area contributed by atoms with E-state index in [1.165, 1.54) is 20.8 Å². The molecule has 3 heterocycles. The van der Waals surface area contributed by atoms with Crippen molar-refractivity contribution in [2.45, 2.75) is 273 Å². The molecule has 19 atom stereocenters. The highest BCUT2D eigenvalue weighted by molar-refractivity contribution is 7.53. The van der Waals surface area contributed by atoms with Crippen LogP contribution in [-0.4, -0.2) is 298 Å². The quantitative estimate of drug-likeness (QED) is 0.0201. The highest BCUT2D eigenvalue weighted by Crippen LogP contribution is 2.47. The first-order valence-corrected chi connectivity index (χ1v) is 37.4. The molecule has 0 aromatic rings. The van der Waals surface area contributed by atoms with Gasteiger partial charge in [0.2, 0.25) is 53.2 Å². The molecule has 3 aliphatic heterocycles. The van der Waals surface area contributed by atoms with Crippen LogP contribution in [0.3, 0.4) is 0 Å². The lowest BCUT2D eigenvalue weighted by Gasteiger charge is -2.42. The summed E-state index contributed by atoms with van der Waals surface area (Å²) < 4.78 is 51.5. The maximum Gasteiger partial charge on any atom is 0.330 e. The first-order chi connectivity index (χ1) is 49.0. The van der Waals surface area contributed by atoms with Crippen molar-refractivity contribution in [2.75, 3.05) is 79.0 Å². The largest absolute Gasteiger partial charge is 0.396 e. The summed E-state index contributed by atoms with van der Waals surface area (Å²) in [6, 6.07) is -5.73. The van der Waals surface area contributed by atoms with Crippen LogP contribution in [0.15, 0.2) is 0 Å². The Balaban J connectivity index is 1.64. The van der Waals surface area contributed by atoms with Crippen LogP contribution in [0.25, 0.3) is 0 Å². The number of carbonyl (C=O) groups excluding carboxylic acids is 9. The van der Waals surface area contributed by atoms with Crippen molar-refractivity contribution in [3.63, 3.8) is 0 Å². The van der Waals surface area contributed by atoms with Crippen molar-refractivity contribution < 1.29 is 137 Å². The SMILES string of the molecule is CC(=O)NC1C(O)[C@@H](O)C(CO)O[C@H]1OCCCCC(=O)NCCCC[C@H](NC(=O)CCCNC(=O)CCCCO[C@@H]1OC(CO)[C@H](O)C(O)C1NC(C)=O)C(=O)N[C@H](CCCCNC(=O)CCCCO[C@@H]1OC(CO)[C@H](O)C(O)C1NC(C)=O)C(=O)NCCCCC(CO)COP(=O)(O)C(C)C. The Morgan fingerprint density at radius 2 is 0.757 bits per heavy atom. The van der Waals surface area contributed by atoms with E-state index >= 15 is 0 Å². The van der Waals surface area contributed by atoms with Gasteiger partial charge < -0.3 is 137 Å². The molecule has 37 nitrogen and oxygen atoms in total. The Labute approximate surface area is 600 Å². The van der Waals surface area contributed by atoms with Gasteiger partial charge in [0.1, 0.15) is 85.1 Å². The lowest BCUT2D eigenvalue weighted by Crippen LogP contribution is -2.64. The monoisotopic (exact) mass is 1500 g/mol. The van der Waals surface area contributed by atoms with Crippen LogP contribution < -0.4 is 47.9 Å². The van der Waals surface area contributed by atoms with Gasteiger partial charge in [-0.3, -0.25) is 47.7 Å². The van der Waals surface area contributed by atoms with Gasteiger partial charge in [-0.25, -0.2) is 0 Å². The average Bonchev–Trinajstić information content (AvgIpc) is 0.821. The van der Waals surface area contributed by atoms with E-state index in [-0.39, 0.29) is 122 Å². The summed E-state index contributed by atoms with van der Waals surface area (Å²) in [7, 11) is -3.89. The lowest BCUT2D eigenvalue weighted by molar-refractivity contribution is -0.270. The zero-order valence-corrected chi connectivity index (χ0v) is 60.8. The van der Waals surface area contributed by atoms with Crippen molar-refractivity contribution in [2.24, 2.45) is 5.92 Å². The lowest BCUT2D eigenvalue weighted by atomic mass is 9.97. The number of aliphatic hydroxyl groups is 10. The molecule has 103 heavy (non-hydrogen) atoms. The highest BCUT2D eigenvalue weighted by Gasteiger charge is 2.48. The summed E-state index contributed by atoms with van der Waals surface area (Å²) in [5, 5.41) is 125. The molecule has 3 aliphatic rings. The molecule has 20 N–H and O–H groups in total. The van der Waals surface area contributed by atoms with Gasteiger partial charge in [-0.2, -0.15) is 0 Å². The number of rotatable bonds is 52. The first-order valence-electron chi connectivity index (χ1n) is 35.8. The molecular formula is C65H118N9O28P. The van der Waals surface area contributed by atoms with E-state index in [1.54, 1.807) is 13.8 Å². The molecule has 3 saturated heterocycles. The highest BCUT2D eigenvalue weighted by atomic mass is 31.2. The summed E-state index contributed by atoms with van der Waals surface area (Å²) in [6.45, 7) is 5.10. The van der Waals surface area contributed by atoms with E-state index in [0.717, 1.165) is 0 Å². The maximum absolute atomic E-state index is 14.4. The van der Waals surface area contributed by atoms with Crippen LogP contribution in [0, 0.1) is 5.92 Å². The van der Waals surface area contributed by atoms with Crippen molar-refractivity contribution in [1.82, 2.24) is 47.9 Å². The fourth-order valence-electron chi connectivity index (χ4n) is 11.3. The van der Waals surface area contributed by atoms with Crippen molar-refractivity contribution >= 4 is 60.8 Å². The van der Waals surface area contributed by atoms with E-state index in [4.69, 9.17) is 32.9 Å². The summed E-state index contributed by atoms with van der Waals surface area (Å²) >= 11 is 0. The minimum Gasteiger partial charge on any atom is -0.396 e. The predicted molar refractivity (Wildman–Crippen MR) is 364 cm³/mol. The molecule has 3 rings (SSSR count). The number of amides is 9. The van der Waals surface area contributed by atoms with Gasteiger partial charge in [-0.1, -0.05) is 20.3 Å². The van der Waals surface area contributed by atoms with E-state index in [2.05, 4.69) is 47.9 Å². The first kappa shape index (κ1) is 91.9. The maximum atomic E-state index is 14.4. The summed E-state index contributed by atoms with van der Waals surface area (Å²) in [5.74, 6) is -4.75. The molecule has 0 aliphatic carbocycles. The molecule has 0 radical (unpaired) electrons. The van der Waals surface area contributed by atoms with Gasteiger partial charge in [0.25, 0.3) is 0 Å². The number of aliphatic hydroxyl groups excluding tert-OH is 10. The molecule has 596 valence electrons. The Hall–Kier alpha value is -5.26. The van der Waals surface area contributed by atoms with Gasteiger partial charge in [-0.15, -0.1) is 0 Å². The van der Waals surface area contributed by atoms with Crippen LogP contribution in [0.5, 0.6) is 0 Å². The molecule has 0 spiro atoms. The third kappa shape index (κ3) is 34.9. The van der Waals surface area contributed by atoms with Crippen molar-refractivity contribution in [3.8, 4) is 0 Å². The molecule has 3 fully saturated rings. The van der Waals surface area contributed by atoms with E-state index < -0.39 is 178 Å². The van der Waals surface area contributed by atoms with Crippen LogP contribution >= 0.6 is 7.60 Å². The average molecular weight is 1500 g/mol. The molecule has 11 unspecified atom stereocenters. The topological polar surface area (TPSA) is 566 Å². The van der Waals surface area contributed by atoms with E-state index in [9.17, 15) is 104 Å². The number of nitrogens with one attached hydrogen (secondary N) is 9. The van der Waals surface area contributed by atoms with Crippen molar-refractivity contribution in [1.29, 1.82) is 0 Å². The van der Waals surface area contributed by atoms with Crippen LogP contribution in [0.1, 0.15) is 163 Å². The smallest absolute Gasteiger partial charge is 0.330 e. The van der Waals surface area contributed by atoms with Gasteiger partial charge >= 0.3 is 7.60 Å². The zero-order chi connectivity index (χ0) is 76.6. The third-order valence-corrected chi connectivity index (χ3v) is 19.2. The molecule has 0 bridgehead atoms. The van der Waals surface area contributed by atoms with Crippen LogP contribution in [0.2, 0.25) is 0 Å². The Kier molecular flexibility index (Phi) is 44.9. The summed E-state index contributed by atoms with van der Waals surface area (Å²) in [6.07, 6.45) is -10.9. The van der Waals surface area contributed by atoms with E-state index in [0.29, 0.717) is 83.5 Å². The van der Waals surface area contributed by atoms with Crippen molar-refractivity contribution in [3.05, 3.63) is 0 Å². The minimum atomic E-state index is -3.89. The standard InChI is InChI=1S/C65H118N9O28P/c1-38(2)103(94,95)99-37-42(33-75)19-6-12-28-69-61(92)43(20-7-13-26-66-48(82)22-9-15-30-96-63-52(70-39(3)79)58(89)55(86)45(34-76)100-63)74-62(93)44(21-8-14-27-67-49(83)23-10-16-31-97-64-53(71-40(4)80)59(90)56(87)46(35-77)101-64)73-51(85)25-18-29-68-50(84)24-11-17-32-98-65-54(72-41(5)81)60(91)57(88)47(36-78)102-65/h38,42-47,52-60,63-65,75-78,86-91H,6-37H2,1-5H3,(H,66,82)(H,67,83)(H,68,84)(H,69,92)(H,70,79)(H,71,80)(H,72,81)(H,73,85)(H,74,93)(H,94,95)/t42?,43-,44+,45?,46?,47?,52?,53?,54?,55+,56+,57+,58?,59?,60?,63-,64-,65-/m1/s1. The molecule has 0 aromatic carbocycles. The zero-order valence-electron chi connectivity index (χ0n) is 59.9. The summed E-state index contributed by atoms with van der Waals surface area (Å²) in [4.78, 5) is 126. The van der Waals surface area contributed by atoms with Crippen LogP contribution in [-0.2, 0) is 80.7 Å². The number of hydrogen-bond donors (Lipinski definition) is 20. The molecule has 9 amide bonds.